The second-order valence-corrected chi connectivity index (χ2v) is 4.58. The Hall–Kier alpha value is -1.42. The second kappa shape index (κ2) is 7.11. The van der Waals surface area contributed by atoms with Crippen molar-refractivity contribution in [2.75, 3.05) is 0 Å². The molecule has 1 aromatic rings. The highest BCUT2D eigenvalue weighted by Crippen LogP contribution is 2.07. The van der Waals surface area contributed by atoms with Gasteiger partial charge in [-0.2, -0.15) is 0 Å². The van der Waals surface area contributed by atoms with Gasteiger partial charge >= 0.3 is 5.97 Å². The average Bonchev–Trinajstić information content (AvgIpc) is 2.31. The molecule has 18 heavy (non-hydrogen) atoms. The lowest BCUT2D eigenvalue weighted by molar-refractivity contribution is -0.139. The van der Waals surface area contributed by atoms with Crippen molar-refractivity contribution < 1.29 is 14.3 Å². The SMILES string of the molecule is CCCC(NC(C)Cc1ccc(F)cc1)C(=O)O. The van der Waals surface area contributed by atoms with E-state index in [1.807, 2.05) is 13.8 Å². The molecule has 0 aliphatic carbocycles. The van der Waals surface area contributed by atoms with E-state index in [9.17, 15) is 9.18 Å². The Balaban J connectivity index is 2.51. The molecule has 0 bridgehead atoms. The third-order valence-corrected chi connectivity index (χ3v) is 2.82. The predicted octanol–water partition coefficient (Wildman–Crippen LogP) is 2.60. The first kappa shape index (κ1) is 14.6. The van der Waals surface area contributed by atoms with E-state index in [4.69, 9.17) is 5.11 Å². The lowest BCUT2D eigenvalue weighted by Gasteiger charge is -2.19. The summed E-state index contributed by atoms with van der Waals surface area (Å²) in [5, 5.41) is 12.1. The molecule has 3 nitrogen and oxygen atoms in total. The number of carbonyl (C=O) groups is 1. The summed E-state index contributed by atoms with van der Waals surface area (Å²) in [5.74, 6) is -1.07. The van der Waals surface area contributed by atoms with Crippen molar-refractivity contribution in [3.63, 3.8) is 0 Å². The highest BCUT2D eigenvalue weighted by molar-refractivity contribution is 5.73. The van der Waals surface area contributed by atoms with Crippen LogP contribution in [0, 0.1) is 5.82 Å². The summed E-state index contributed by atoms with van der Waals surface area (Å²) in [7, 11) is 0. The quantitative estimate of drug-likeness (QED) is 0.785. The molecule has 0 amide bonds. The van der Waals surface area contributed by atoms with E-state index in [2.05, 4.69) is 5.32 Å². The van der Waals surface area contributed by atoms with E-state index in [1.165, 1.54) is 12.1 Å². The molecule has 0 fully saturated rings. The fraction of sp³-hybridized carbons (Fsp3) is 0.500. The molecule has 1 rings (SSSR count). The van der Waals surface area contributed by atoms with Gasteiger partial charge in [0.05, 0.1) is 0 Å². The van der Waals surface area contributed by atoms with Gasteiger partial charge in [-0.05, 0) is 37.5 Å². The fourth-order valence-corrected chi connectivity index (χ4v) is 1.94. The van der Waals surface area contributed by atoms with Crippen molar-refractivity contribution in [2.45, 2.75) is 45.2 Å². The minimum atomic E-state index is -0.817. The molecular formula is C14H20FNO2. The molecule has 0 aromatic heterocycles. The number of nitrogens with one attached hydrogen (secondary N) is 1. The summed E-state index contributed by atoms with van der Waals surface area (Å²) < 4.78 is 12.7. The first-order chi connectivity index (χ1) is 8.52. The molecule has 0 aliphatic rings. The zero-order chi connectivity index (χ0) is 13.5. The van der Waals surface area contributed by atoms with E-state index in [1.54, 1.807) is 12.1 Å². The molecule has 4 heteroatoms. The van der Waals surface area contributed by atoms with Crippen molar-refractivity contribution in [1.82, 2.24) is 5.32 Å². The Morgan fingerprint density at radius 2 is 2.00 bits per heavy atom. The van der Waals surface area contributed by atoms with Gasteiger partial charge in [0.25, 0.3) is 0 Å². The highest BCUT2D eigenvalue weighted by atomic mass is 19.1. The summed E-state index contributed by atoms with van der Waals surface area (Å²) in [4.78, 5) is 11.0. The first-order valence-electron chi connectivity index (χ1n) is 6.26. The molecule has 0 saturated heterocycles. The molecule has 0 saturated carbocycles. The van der Waals surface area contributed by atoms with Crippen molar-refractivity contribution in [1.29, 1.82) is 0 Å². The van der Waals surface area contributed by atoms with Crippen LogP contribution in [0.15, 0.2) is 24.3 Å². The monoisotopic (exact) mass is 253 g/mol. The summed E-state index contributed by atoms with van der Waals surface area (Å²) in [5.41, 5.74) is 0.997. The number of carboxylic acid groups (broad SMARTS) is 1. The highest BCUT2D eigenvalue weighted by Gasteiger charge is 2.18. The Morgan fingerprint density at radius 3 is 2.50 bits per heavy atom. The number of rotatable bonds is 7. The van der Waals surface area contributed by atoms with Crippen LogP contribution in [0.5, 0.6) is 0 Å². The Labute approximate surface area is 107 Å². The average molecular weight is 253 g/mol. The molecular weight excluding hydrogens is 233 g/mol. The van der Waals surface area contributed by atoms with Crippen molar-refractivity contribution in [3.05, 3.63) is 35.6 Å². The Morgan fingerprint density at radius 1 is 1.39 bits per heavy atom. The largest absolute Gasteiger partial charge is 0.480 e. The summed E-state index contributed by atoms with van der Waals surface area (Å²) in [6.45, 7) is 3.90. The molecule has 0 heterocycles. The van der Waals surface area contributed by atoms with Crippen molar-refractivity contribution in [3.8, 4) is 0 Å². The van der Waals surface area contributed by atoms with E-state index < -0.39 is 12.0 Å². The molecule has 1 aromatic carbocycles. The van der Waals surface area contributed by atoms with E-state index >= 15 is 0 Å². The standard InChI is InChI=1S/C14H20FNO2/c1-3-4-13(14(17)18)16-10(2)9-11-5-7-12(15)8-6-11/h5-8,10,13,16H,3-4,9H2,1-2H3,(H,17,18). The number of hydrogen-bond donors (Lipinski definition) is 2. The topological polar surface area (TPSA) is 49.3 Å². The van der Waals surface area contributed by atoms with Crippen LogP contribution in [0.25, 0.3) is 0 Å². The summed E-state index contributed by atoms with van der Waals surface area (Å²) in [6.07, 6.45) is 2.13. The summed E-state index contributed by atoms with van der Waals surface area (Å²) in [6, 6.07) is 5.83. The number of aliphatic carboxylic acids is 1. The van der Waals surface area contributed by atoms with Gasteiger partial charge in [-0.15, -0.1) is 0 Å². The van der Waals surface area contributed by atoms with Crippen LogP contribution in [0.4, 0.5) is 4.39 Å². The minimum absolute atomic E-state index is 0.0445. The van der Waals surface area contributed by atoms with Crippen LogP contribution in [0.3, 0.4) is 0 Å². The zero-order valence-electron chi connectivity index (χ0n) is 10.8. The molecule has 0 aliphatic heterocycles. The fourth-order valence-electron chi connectivity index (χ4n) is 1.94. The molecule has 100 valence electrons. The Bertz CT molecular complexity index is 378. The summed E-state index contributed by atoms with van der Waals surface area (Å²) >= 11 is 0. The molecule has 0 spiro atoms. The van der Waals surface area contributed by atoms with Crippen LogP contribution < -0.4 is 5.32 Å². The van der Waals surface area contributed by atoms with Gasteiger partial charge in [0.15, 0.2) is 0 Å². The third kappa shape index (κ3) is 4.84. The Kier molecular flexibility index (Phi) is 5.78. The normalized spacial score (nSPS) is 14.2. The first-order valence-corrected chi connectivity index (χ1v) is 6.26. The molecule has 2 unspecified atom stereocenters. The third-order valence-electron chi connectivity index (χ3n) is 2.82. The van der Waals surface area contributed by atoms with Crippen LogP contribution in [-0.4, -0.2) is 23.2 Å². The van der Waals surface area contributed by atoms with E-state index in [-0.39, 0.29) is 11.9 Å². The lowest BCUT2D eigenvalue weighted by atomic mass is 10.1. The molecule has 2 atom stereocenters. The maximum Gasteiger partial charge on any atom is 0.320 e. The van der Waals surface area contributed by atoms with E-state index in [0.717, 1.165) is 12.0 Å². The van der Waals surface area contributed by atoms with Gasteiger partial charge in [0.1, 0.15) is 11.9 Å². The zero-order valence-corrected chi connectivity index (χ0v) is 10.8. The lowest BCUT2D eigenvalue weighted by Crippen LogP contribution is -2.42. The van der Waals surface area contributed by atoms with E-state index in [0.29, 0.717) is 12.8 Å². The maximum absolute atomic E-state index is 12.7. The predicted molar refractivity (Wildman–Crippen MR) is 69.0 cm³/mol. The van der Waals surface area contributed by atoms with Crippen LogP contribution in [0.1, 0.15) is 32.3 Å². The maximum atomic E-state index is 12.7. The van der Waals surface area contributed by atoms with Gasteiger partial charge in [0, 0.05) is 6.04 Å². The molecule has 2 N–H and O–H groups in total. The van der Waals surface area contributed by atoms with Crippen molar-refractivity contribution in [2.24, 2.45) is 0 Å². The van der Waals surface area contributed by atoms with Gasteiger partial charge < -0.3 is 10.4 Å². The number of carboxylic acids is 1. The number of hydrogen-bond acceptors (Lipinski definition) is 2. The van der Waals surface area contributed by atoms with Crippen LogP contribution in [0.2, 0.25) is 0 Å². The van der Waals surface area contributed by atoms with Gasteiger partial charge in [-0.25, -0.2) is 4.39 Å². The molecule has 0 radical (unpaired) electrons. The number of halogens is 1. The minimum Gasteiger partial charge on any atom is -0.480 e. The smallest absolute Gasteiger partial charge is 0.320 e. The van der Waals surface area contributed by atoms with Crippen LogP contribution in [-0.2, 0) is 11.2 Å². The van der Waals surface area contributed by atoms with Gasteiger partial charge in [-0.3, -0.25) is 4.79 Å². The van der Waals surface area contributed by atoms with Crippen LogP contribution >= 0.6 is 0 Å². The van der Waals surface area contributed by atoms with Gasteiger partial charge in [-0.1, -0.05) is 25.5 Å². The van der Waals surface area contributed by atoms with Crippen molar-refractivity contribution >= 4 is 5.97 Å². The second-order valence-electron chi connectivity index (χ2n) is 4.58. The number of benzene rings is 1. The van der Waals surface area contributed by atoms with Gasteiger partial charge in [0.2, 0.25) is 0 Å².